The Morgan fingerprint density at radius 3 is 2.83 bits per heavy atom. The van der Waals surface area contributed by atoms with Gasteiger partial charge in [0.2, 0.25) is 0 Å². The van der Waals surface area contributed by atoms with Crippen molar-refractivity contribution in [1.29, 1.82) is 0 Å². The summed E-state index contributed by atoms with van der Waals surface area (Å²) in [6.07, 6.45) is 4.17. The highest BCUT2D eigenvalue weighted by atomic mass is 16.1. The normalized spacial score (nSPS) is 16.1. The third-order valence-electron chi connectivity index (χ3n) is 2.18. The zero-order valence-electron chi connectivity index (χ0n) is 7.08. The predicted molar refractivity (Wildman–Crippen MR) is 48.5 cm³/mol. The molecule has 0 amide bonds. The van der Waals surface area contributed by atoms with Crippen molar-refractivity contribution in [2.75, 3.05) is 12.4 Å². The number of aromatic nitrogens is 1. The molecule has 0 bridgehead atoms. The summed E-state index contributed by atoms with van der Waals surface area (Å²) in [7, 11) is 1.82. The van der Waals surface area contributed by atoms with Gasteiger partial charge < -0.3 is 9.88 Å². The first-order valence-electron chi connectivity index (χ1n) is 4.21. The van der Waals surface area contributed by atoms with Crippen molar-refractivity contribution in [3.05, 3.63) is 28.7 Å². The van der Waals surface area contributed by atoms with Gasteiger partial charge in [-0.2, -0.15) is 0 Å². The van der Waals surface area contributed by atoms with E-state index in [1.165, 1.54) is 0 Å². The standard InChI is InChI=1S/C9H12N2O/c1-10-7-4-5-11(8-2-3-8)9(12)6-7/h4-6,8,10H,2-3H2,1H3. The fraction of sp³-hybridized carbons (Fsp3) is 0.444. The lowest BCUT2D eigenvalue weighted by Crippen LogP contribution is -2.17. The van der Waals surface area contributed by atoms with Crippen molar-refractivity contribution in [2.45, 2.75) is 18.9 Å². The van der Waals surface area contributed by atoms with Crippen molar-refractivity contribution in [3.63, 3.8) is 0 Å². The van der Waals surface area contributed by atoms with Crippen LogP contribution < -0.4 is 10.9 Å². The van der Waals surface area contributed by atoms with Crippen LogP contribution in [0.25, 0.3) is 0 Å². The molecule has 0 atom stereocenters. The fourth-order valence-electron chi connectivity index (χ4n) is 1.30. The molecule has 3 heteroatoms. The Bertz CT molecular complexity index is 339. The van der Waals surface area contributed by atoms with Crippen molar-refractivity contribution in [3.8, 4) is 0 Å². The summed E-state index contributed by atoms with van der Waals surface area (Å²) < 4.78 is 1.81. The molecule has 0 aliphatic heterocycles. The summed E-state index contributed by atoms with van der Waals surface area (Å²) in [6, 6.07) is 4.04. The summed E-state index contributed by atoms with van der Waals surface area (Å²) >= 11 is 0. The van der Waals surface area contributed by atoms with Gasteiger partial charge in [0, 0.05) is 31.0 Å². The average molecular weight is 164 g/mol. The molecule has 1 aromatic heterocycles. The third kappa shape index (κ3) is 1.22. The van der Waals surface area contributed by atoms with Crippen LogP contribution in [0.5, 0.6) is 0 Å². The first kappa shape index (κ1) is 7.40. The van der Waals surface area contributed by atoms with Crippen LogP contribution in [0.4, 0.5) is 5.69 Å². The smallest absolute Gasteiger partial charge is 0.252 e. The van der Waals surface area contributed by atoms with E-state index < -0.39 is 0 Å². The molecule has 1 N–H and O–H groups in total. The van der Waals surface area contributed by atoms with Gasteiger partial charge in [-0.25, -0.2) is 0 Å². The predicted octanol–water partition coefficient (Wildman–Crippen LogP) is 1.22. The van der Waals surface area contributed by atoms with E-state index in [0.29, 0.717) is 6.04 Å². The second-order valence-corrected chi connectivity index (χ2v) is 3.14. The molecule has 1 fully saturated rings. The second kappa shape index (κ2) is 2.66. The van der Waals surface area contributed by atoms with Gasteiger partial charge in [-0.15, -0.1) is 0 Å². The van der Waals surface area contributed by atoms with Gasteiger partial charge in [0.15, 0.2) is 0 Å². The van der Waals surface area contributed by atoms with Crippen LogP contribution in [-0.4, -0.2) is 11.6 Å². The molecule has 1 aromatic rings. The van der Waals surface area contributed by atoms with Crippen molar-refractivity contribution < 1.29 is 0 Å². The van der Waals surface area contributed by atoms with E-state index in [2.05, 4.69) is 5.32 Å². The molecule has 0 aromatic carbocycles. The topological polar surface area (TPSA) is 34.0 Å². The number of hydrogen-bond donors (Lipinski definition) is 1. The van der Waals surface area contributed by atoms with E-state index >= 15 is 0 Å². The Hall–Kier alpha value is -1.25. The maximum Gasteiger partial charge on any atom is 0.252 e. The molecule has 3 nitrogen and oxygen atoms in total. The van der Waals surface area contributed by atoms with Crippen LogP contribution in [0.15, 0.2) is 23.1 Å². The fourth-order valence-corrected chi connectivity index (χ4v) is 1.30. The summed E-state index contributed by atoms with van der Waals surface area (Å²) in [4.78, 5) is 11.4. The van der Waals surface area contributed by atoms with Crippen molar-refractivity contribution in [2.24, 2.45) is 0 Å². The van der Waals surface area contributed by atoms with E-state index in [1.54, 1.807) is 10.6 Å². The number of hydrogen-bond acceptors (Lipinski definition) is 2. The lowest BCUT2D eigenvalue weighted by molar-refractivity contribution is 0.708. The Morgan fingerprint density at radius 2 is 2.33 bits per heavy atom. The van der Waals surface area contributed by atoms with Crippen molar-refractivity contribution in [1.82, 2.24) is 4.57 Å². The van der Waals surface area contributed by atoms with Gasteiger partial charge in [-0.05, 0) is 18.9 Å². The highest BCUT2D eigenvalue weighted by molar-refractivity contribution is 5.40. The van der Waals surface area contributed by atoms with Crippen LogP contribution in [-0.2, 0) is 0 Å². The molecule has 1 aliphatic carbocycles. The Kier molecular flexibility index (Phi) is 1.64. The van der Waals surface area contributed by atoms with Gasteiger partial charge >= 0.3 is 0 Å². The average Bonchev–Trinajstić information content (AvgIpc) is 2.87. The zero-order chi connectivity index (χ0) is 8.55. The minimum absolute atomic E-state index is 0.101. The molecule has 0 radical (unpaired) electrons. The summed E-state index contributed by atoms with van der Waals surface area (Å²) in [5, 5.41) is 2.94. The van der Waals surface area contributed by atoms with Crippen LogP contribution in [0.1, 0.15) is 18.9 Å². The first-order chi connectivity index (χ1) is 5.81. The van der Waals surface area contributed by atoms with E-state index in [1.807, 2.05) is 19.3 Å². The molecule has 1 heterocycles. The minimum atomic E-state index is 0.101. The van der Waals surface area contributed by atoms with Crippen molar-refractivity contribution >= 4 is 5.69 Å². The number of rotatable bonds is 2. The lowest BCUT2D eigenvalue weighted by Gasteiger charge is -2.03. The molecule has 2 rings (SSSR count). The lowest BCUT2D eigenvalue weighted by atomic mass is 10.4. The molecule has 0 spiro atoms. The molecule has 0 unspecified atom stereocenters. The molecular weight excluding hydrogens is 152 g/mol. The monoisotopic (exact) mass is 164 g/mol. The van der Waals surface area contributed by atoms with Gasteiger partial charge in [0.05, 0.1) is 0 Å². The van der Waals surface area contributed by atoms with Gasteiger partial charge in [-0.1, -0.05) is 0 Å². The van der Waals surface area contributed by atoms with Gasteiger partial charge in [-0.3, -0.25) is 4.79 Å². The van der Waals surface area contributed by atoms with Crippen LogP contribution in [0.3, 0.4) is 0 Å². The van der Waals surface area contributed by atoms with E-state index in [9.17, 15) is 4.79 Å². The highest BCUT2D eigenvalue weighted by Gasteiger charge is 2.23. The number of nitrogens with zero attached hydrogens (tertiary/aromatic N) is 1. The molecule has 1 saturated carbocycles. The second-order valence-electron chi connectivity index (χ2n) is 3.14. The van der Waals surface area contributed by atoms with E-state index in [4.69, 9.17) is 0 Å². The van der Waals surface area contributed by atoms with Gasteiger partial charge in [0.1, 0.15) is 0 Å². The molecule has 0 saturated heterocycles. The largest absolute Gasteiger partial charge is 0.388 e. The third-order valence-corrected chi connectivity index (χ3v) is 2.18. The Balaban J connectivity index is 2.39. The summed E-state index contributed by atoms with van der Waals surface area (Å²) in [5.41, 5.74) is 0.987. The molecule has 1 aliphatic rings. The SMILES string of the molecule is CNc1ccn(C2CC2)c(=O)c1. The van der Waals surface area contributed by atoms with E-state index in [0.717, 1.165) is 18.5 Å². The molecule has 64 valence electrons. The summed E-state index contributed by atoms with van der Waals surface area (Å²) in [5.74, 6) is 0. The van der Waals surface area contributed by atoms with Crippen LogP contribution in [0.2, 0.25) is 0 Å². The maximum absolute atomic E-state index is 11.4. The molecule has 12 heavy (non-hydrogen) atoms. The quantitative estimate of drug-likeness (QED) is 0.713. The number of pyridine rings is 1. The zero-order valence-corrected chi connectivity index (χ0v) is 7.08. The molecular formula is C9H12N2O. The number of nitrogens with one attached hydrogen (secondary N) is 1. The van der Waals surface area contributed by atoms with Crippen LogP contribution in [0, 0.1) is 0 Å². The van der Waals surface area contributed by atoms with Gasteiger partial charge in [0.25, 0.3) is 5.56 Å². The Morgan fingerprint density at radius 1 is 1.58 bits per heavy atom. The Labute approximate surface area is 71.0 Å². The number of anilines is 1. The minimum Gasteiger partial charge on any atom is -0.388 e. The highest BCUT2D eigenvalue weighted by Crippen LogP contribution is 2.33. The maximum atomic E-state index is 11.4. The van der Waals surface area contributed by atoms with Crippen LogP contribution >= 0.6 is 0 Å². The summed E-state index contributed by atoms with van der Waals surface area (Å²) in [6.45, 7) is 0. The first-order valence-corrected chi connectivity index (χ1v) is 4.21. The van der Waals surface area contributed by atoms with E-state index in [-0.39, 0.29) is 5.56 Å².